The van der Waals surface area contributed by atoms with E-state index in [0.717, 1.165) is 24.8 Å². The number of carbonyl (C=O) groups is 3. The summed E-state index contributed by atoms with van der Waals surface area (Å²) in [5, 5.41) is 10.5. The van der Waals surface area contributed by atoms with Crippen molar-refractivity contribution >= 4 is 29.5 Å². The molecule has 37 heavy (non-hydrogen) atoms. The Morgan fingerprint density at radius 1 is 1.08 bits per heavy atom. The Morgan fingerprint density at radius 2 is 1.86 bits per heavy atom. The summed E-state index contributed by atoms with van der Waals surface area (Å²) in [6, 6.07) is 8.32. The highest BCUT2D eigenvalue weighted by atomic mass is 32.2. The van der Waals surface area contributed by atoms with Crippen molar-refractivity contribution in [2.45, 2.75) is 61.1 Å². The number of aliphatic hydroxyl groups excluding tert-OH is 1. The van der Waals surface area contributed by atoms with E-state index in [2.05, 4.69) is 6.92 Å². The molecule has 0 aromatic heterocycles. The first-order chi connectivity index (χ1) is 17.9. The molecular weight excluding hydrogens is 488 g/mol. The van der Waals surface area contributed by atoms with Crippen LogP contribution < -0.4 is 0 Å². The minimum Gasteiger partial charge on any atom is -0.461 e. The minimum absolute atomic E-state index is 0.103. The molecule has 198 valence electrons. The largest absolute Gasteiger partial charge is 0.461 e. The van der Waals surface area contributed by atoms with Crippen LogP contribution in [0.15, 0.2) is 54.6 Å². The second kappa shape index (κ2) is 10.3. The summed E-state index contributed by atoms with van der Waals surface area (Å²) in [5.41, 5.74) is 0.978. The lowest BCUT2D eigenvalue weighted by Gasteiger charge is -2.39. The molecule has 0 radical (unpaired) electrons. The van der Waals surface area contributed by atoms with Crippen LogP contribution in [0.5, 0.6) is 0 Å². The summed E-state index contributed by atoms with van der Waals surface area (Å²) in [6.45, 7) is 5.10. The van der Waals surface area contributed by atoms with Gasteiger partial charge in [0.1, 0.15) is 12.6 Å². The van der Waals surface area contributed by atoms with Crippen LogP contribution in [0.4, 0.5) is 0 Å². The molecule has 8 heteroatoms. The molecule has 2 saturated heterocycles. The molecule has 1 spiro atoms. The number of amides is 2. The predicted octanol–water partition coefficient (Wildman–Crippen LogP) is 2.98. The van der Waals surface area contributed by atoms with Gasteiger partial charge in [-0.25, -0.2) is 0 Å². The Labute approximate surface area is 222 Å². The van der Waals surface area contributed by atoms with Crippen molar-refractivity contribution < 1.29 is 24.2 Å². The summed E-state index contributed by atoms with van der Waals surface area (Å²) < 4.78 is 3.91. The maximum absolute atomic E-state index is 14.4. The number of fused-ring (bicyclic) bond motifs is 2. The normalized spacial score (nSPS) is 33.5. The van der Waals surface area contributed by atoms with Crippen LogP contribution in [-0.2, 0) is 25.5 Å². The zero-order chi connectivity index (χ0) is 26.2. The van der Waals surface area contributed by atoms with Gasteiger partial charge in [0.15, 0.2) is 0 Å². The maximum atomic E-state index is 14.4. The zero-order valence-corrected chi connectivity index (χ0v) is 22.4. The van der Waals surface area contributed by atoms with Crippen molar-refractivity contribution in [2.75, 3.05) is 26.3 Å². The molecule has 2 amide bonds. The zero-order valence-electron chi connectivity index (χ0n) is 21.5. The number of rotatable bonds is 8. The number of nitrogens with zero attached hydrogens (tertiary/aromatic N) is 2. The number of unbranched alkanes of at least 4 members (excludes halogenated alkanes) is 2. The van der Waals surface area contributed by atoms with Crippen molar-refractivity contribution in [3.63, 3.8) is 0 Å². The van der Waals surface area contributed by atoms with Crippen molar-refractivity contribution in [1.82, 2.24) is 9.80 Å². The smallest absolute Gasteiger partial charge is 0.311 e. The van der Waals surface area contributed by atoms with E-state index in [1.807, 2.05) is 66.5 Å². The topological polar surface area (TPSA) is 87.2 Å². The number of benzene rings is 1. The van der Waals surface area contributed by atoms with E-state index in [4.69, 9.17) is 4.74 Å². The van der Waals surface area contributed by atoms with Crippen LogP contribution >= 0.6 is 11.8 Å². The average Bonchev–Trinajstić information content (AvgIpc) is 3.16. The summed E-state index contributed by atoms with van der Waals surface area (Å²) in [5.74, 6) is -2.21. The SMILES string of the molecule is CCCCCN1CC=C[C@]23S[C@@]4(C)C=CCOC(=O)[C@H]4[C@H]2C(=O)N([C@@H](CO)Cc2ccccc2)C3C1=O. The van der Waals surface area contributed by atoms with E-state index in [0.29, 0.717) is 19.5 Å². The molecule has 7 nitrogen and oxygen atoms in total. The van der Waals surface area contributed by atoms with Crippen molar-refractivity contribution in [3.8, 4) is 0 Å². The van der Waals surface area contributed by atoms with Gasteiger partial charge in [0.05, 0.1) is 29.2 Å². The highest BCUT2D eigenvalue weighted by Crippen LogP contribution is 2.65. The fourth-order valence-electron chi connectivity index (χ4n) is 6.63. The number of hydrogen-bond donors (Lipinski definition) is 1. The summed E-state index contributed by atoms with van der Waals surface area (Å²) >= 11 is 1.54. The number of ether oxygens (including phenoxy) is 1. The van der Waals surface area contributed by atoms with Gasteiger partial charge in [-0.3, -0.25) is 14.4 Å². The van der Waals surface area contributed by atoms with E-state index in [-0.39, 0.29) is 25.0 Å². The second-order valence-corrected chi connectivity index (χ2v) is 12.5. The van der Waals surface area contributed by atoms with Crippen LogP contribution in [0.1, 0.15) is 38.7 Å². The molecule has 2 fully saturated rings. The van der Waals surface area contributed by atoms with Gasteiger partial charge in [-0.2, -0.15) is 0 Å². The van der Waals surface area contributed by atoms with Crippen molar-refractivity contribution in [2.24, 2.45) is 11.8 Å². The van der Waals surface area contributed by atoms with Gasteiger partial charge in [-0.15, -0.1) is 11.8 Å². The molecule has 0 saturated carbocycles. The number of hydrogen-bond acceptors (Lipinski definition) is 6. The summed E-state index contributed by atoms with van der Waals surface area (Å²) in [6.07, 6.45) is 11.2. The van der Waals surface area contributed by atoms with Crippen LogP contribution in [0.3, 0.4) is 0 Å². The van der Waals surface area contributed by atoms with Gasteiger partial charge in [0.2, 0.25) is 11.8 Å². The molecule has 5 rings (SSSR count). The Hall–Kier alpha value is -2.58. The Balaban J connectivity index is 1.60. The third-order valence-corrected chi connectivity index (χ3v) is 10.1. The van der Waals surface area contributed by atoms with E-state index in [9.17, 15) is 19.5 Å². The highest BCUT2D eigenvalue weighted by Gasteiger charge is 2.74. The van der Waals surface area contributed by atoms with Crippen LogP contribution in [0.25, 0.3) is 0 Å². The lowest BCUT2D eigenvalue weighted by atomic mass is 9.75. The van der Waals surface area contributed by atoms with Gasteiger partial charge >= 0.3 is 5.97 Å². The number of carbonyl (C=O) groups excluding carboxylic acids is 3. The first kappa shape index (κ1) is 26.0. The maximum Gasteiger partial charge on any atom is 0.311 e. The third kappa shape index (κ3) is 4.32. The van der Waals surface area contributed by atoms with Crippen LogP contribution in [0.2, 0.25) is 0 Å². The van der Waals surface area contributed by atoms with Crippen LogP contribution in [0, 0.1) is 11.8 Å². The monoisotopic (exact) mass is 524 g/mol. The average molecular weight is 525 g/mol. The second-order valence-electron chi connectivity index (χ2n) is 10.7. The standard InChI is InChI=1S/C29H36N2O5S/c1-3-4-8-15-30-16-9-14-29-22(23-27(35)36-17-10-13-28(23,2)37-29)25(33)31(24(29)26(30)34)21(19-32)18-20-11-6-5-7-12-20/h5-7,9-14,21-24,32H,3-4,8,15-19H2,1-2H3/t21-,22+,23-,24?,28+,29+/m1/s1. The molecule has 0 bridgehead atoms. The Kier molecular flexibility index (Phi) is 7.24. The van der Waals surface area contributed by atoms with Gasteiger partial charge in [0, 0.05) is 17.8 Å². The quantitative estimate of drug-likeness (QED) is 0.320. The number of aliphatic hydroxyl groups is 1. The van der Waals surface area contributed by atoms with E-state index in [1.165, 1.54) is 11.8 Å². The lowest BCUT2D eigenvalue weighted by Crippen LogP contribution is -2.57. The number of thioether (sulfide) groups is 1. The third-order valence-electron chi connectivity index (χ3n) is 8.28. The first-order valence-corrected chi connectivity index (χ1v) is 14.2. The molecule has 1 aromatic rings. The first-order valence-electron chi connectivity index (χ1n) is 13.3. The lowest BCUT2D eigenvalue weighted by molar-refractivity contribution is -0.153. The molecule has 1 unspecified atom stereocenters. The molecule has 0 aliphatic carbocycles. The van der Waals surface area contributed by atoms with E-state index < -0.39 is 39.4 Å². The van der Waals surface area contributed by atoms with Crippen molar-refractivity contribution in [3.05, 3.63) is 60.2 Å². The minimum atomic E-state index is -0.919. The van der Waals surface area contributed by atoms with E-state index >= 15 is 0 Å². The Bertz CT molecular complexity index is 1110. The predicted molar refractivity (Wildman–Crippen MR) is 143 cm³/mol. The van der Waals surface area contributed by atoms with Gasteiger partial charge in [-0.1, -0.05) is 68.3 Å². The molecule has 4 aliphatic heterocycles. The molecule has 1 N–H and O–H groups in total. The van der Waals surface area contributed by atoms with Gasteiger partial charge in [-0.05, 0) is 31.4 Å². The fraction of sp³-hybridized carbons (Fsp3) is 0.552. The van der Waals surface area contributed by atoms with Crippen LogP contribution in [-0.4, -0.2) is 80.6 Å². The fourth-order valence-corrected chi connectivity index (χ4v) is 8.77. The number of cyclic esters (lactones) is 1. The molecule has 4 aliphatic rings. The van der Waals surface area contributed by atoms with Gasteiger partial charge in [0.25, 0.3) is 0 Å². The van der Waals surface area contributed by atoms with Gasteiger partial charge < -0.3 is 19.6 Å². The molecule has 4 heterocycles. The Morgan fingerprint density at radius 3 is 2.59 bits per heavy atom. The highest BCUT2D eigenvalue weighted by molar-refractivity contribution is 8.02. The summed E-state index contributed by atoms with van der Waals surface area (Å²) in [7, 11) is 0. The number of likely N-dealkylation sites (tertiary alicyclic amines) is 1. The summed E-state index contributed by atoms with van der Waals surface area (Å²) in [4.78, 5) is 45.4. The molecular formula is C29H36N2O5S. The van der Waals surface area contributed by atoms with Crippen molar-refractivity contribution in [1.29, 1.82) is 0 Å². The molecule has 1 aromatic carbocycles. The molecule has 6 atom stereocenters. The van der Waals surface area contributed by atoms with E-state index in [1.54, 1.807) is 4.90 Å². The number of esters is 1.